The predicted molar refractivity (Wildman–Crippen MR) is 70.4 cm³/mol. The molecule has 18 heavy (non-hydrogen) atoms. The van der Waals surface area contributed by atoms with Crippen LogP contribution < -0.4 is 5.43 Å². The molecule has 0 unspecified atom stereocenters. The minimum absolute atomic E-state index is 0.0137. The van der Waals surface area contributed by atoms with Crippen molar-refractivity contribution in [2.45, 2.75) is 6.92 Å². The van der Waals surface area contributed by atoms with Crippen LogP contribution in [-0.2, 0) is 0 Å². The second-order valence-electron chi connectivity index (χ2n) is 3.60. The number of halogens is 1. The second kappa shape index (κ2) is 5.55. The summed E-state index contributed by atoms with van der Waals surface area (Å²) in [7, 11) is 0. The monoisotopic (exact) mass is 262 g/mol. The maximum absolute atomic E-state index is 13.3. The van der Waals surface area contributed by atoms with Crippen LogP contribution in [-0.4, -0.2) is 11.6 Å². The molecule has 1 aromatic carbocycles. The van der Waals surface area contributed by atoms with Crippen LogP contribution in [0.25, 0.3) is 0 Å². The number of carbonyl (C=O) groups is 1. The molecule has 0 saturated carbocycles. The van der Waals surface area contributed by atoms with Gasteiger partial charge in [-0.25, -0.2) is 9.82 Å². The summed E-state index contributed by atoms with van der Waals surface area (Å²) in [6.45, 7) is 1.79. The molecule has 2 rings (SSSR count). The van der Waals surface area contributed by atoms with Gasteiger partial charge < -0.3 is 0 Å². The Hall–Kier alpha value is -2.01. The molecule has 3 nitrogen and oxygen atoms in total. The molecule has 2 aromatic rings. The molecule has 1 aromatic heterocycles. The molecular formula is C13H11FN2OS. The van der Waals surface area contributed by atoms with Crippen LogP contribution in [0.5, 0.6) is 0 Å². The van der Waals surface area contributed by atoms with Gasteiger partial charge in [0.25, 0.3) is 5.91 Å². The number of nitrogens with zero attached hydrogens (tertiary/aromatic N) is 1. The summed E-state index contributed by atoms with van der Waals surface area (Å²) in [6.07, 6.45) is 0. The lowest BCUT2D eigenvalue weighted by Gasteiger charge is -2.02. The highest BCUT2D eigenvalue weighted by Gasteiger charge is 2.09. The summed E-state index contributed by atoms with van der Waals surface area (Å²) in [5.74, 6) is -1.11. The third-order valence-corrected chi connectivity index (χ3v) is 3.30. The molecular weight excluding hydrogens is 251 g/mol. The Bertz CT molecular complexity index is 578. The lowest BCUT2D eigenvalue weighted by molar-refractivity contribution is 0.0951. The fraction of sp³-hybridized carbons (Fsp3) is 0.0769. The number of rotatable bonds is 3. The van der Waals surface area contributed by atoms with Crippen molar-refractivity contribution in [1.82, 2.24) is 5.43 Å². The SMILES string of the molecule is CC(=NNC(=O)c1ccccc1F)c1cccs1. The number of amides is 1. The average Bonchev–Trinajstić information content (AvgIpc) is 2.90. The molecule has 0 aliphatic heterocycles. The Morgan fingerprint density at radius 3 is 2.72 bits per heavy atom. The van der Waals surface area contributed by atoms with Gasteiger partial charge in [0.05, 0.1) is 11.3 Å². The first-order chi connectivity index (χ1) is 8.68. The normalized spacial score (nSPS) is 11.3. The van der Waals surface area contributed by atoms with Gasteiger partial charge >= 0.3 is 0 Å². The fourth-order valence-corrected chi connectivity index (χ4v) is 2.06. The summed E-state index contributed by atoms with van der Waals surface area (Å²) in [6, 6.07) is 9.60. The van der Waals surface area contributed by atoms with Crippen LogP contribution in [0, 0.1) is 5.82 Å². The molecule has 0 spiro atoms. The number of benzene rings is 1. The van der Waals surface area contributed by atoms with Crippen molar-refractivity contribution in [3.8, 4) is 0 Å². The fourth-order valence-electron chi connectivity index (χ4n) is 1.38. The first-order valence-corrected chi connectivity index (χ1v) is 6.19. The van der Waals surface area contributed by atoms with Gasteiger partial charge in [-0.1, -0.05) is 18.2 Å². The molecule has 1 N–H and O–H groups in total. The van der Waals surface area contributed by atoms with E-state index in [0.29, 0.717) is 5.71 Å². The second-order valence-corrected chi connectivity index (χ2v) is 4.54. The Morgan fingerprint density at radius 1 is 1.28 bits per heavy atom. The maximum Gasteiger partial charge on any atom is 0.274 e. The van der Waals surface area contributed by atoms with Gasteiger partial charge in [0.2, 0.25) is 0 Å². The van der Waals surface area contributed by atoms with E-state index in [9.17, 15) is 9.18 Å². The zero-order valence-electron chi connectivity index (χ0n) is 9.68. The number of nitrogens with one attached hydrogen (secondary N) is 1. The Balaban J connectivity index is 2.09. The van der Waals surface area contributed by atoms with Crippen molar-refractivity contribution in [3.05, 3.63) is 58.0 Å². The Morgan fingerprint density at radius 2 is 2.06 bits per heavy atom. The summed E-state index contributed by atoms with van der Waals surface area (Å²) >= 11 is 1.53. The topological polar surface area (TPSA) is 41.5 Å². The van der Waals surface area contributed by atoms with Crippen molar-refractivity contribution in [2.24, 2.45) is 5.10 Å². The zero-order chi connectivity index (χ0) is 13.0. The van der Waals surface area contributed by atoms with Gasteiger partial charge in [-0.3, -0.25) is 4.79 Å². The lowest BCUT2D eigenvalue weighted by Crippen LogP contribution is -2.20. The highest BCUT2D eigenvalue weighted by atomic mass is 32.1. The van der Waals surface area contributed by atoms with Gasteiger partial charge in [0.1, 0.15) is 5.82 Å². The van der Waals surface area contributed by atoms with Crippen LogP contribution in [0.3, 0.4) is 0 Å². The van der Waals surface area contributed by atoms with Crippen molar-refractivity contribution >= 4 is 23.0 Å². The summed E-state index contributed by atoms with van der Waals surface area (Å²) in [5.41, 5.74) is 3.02. The summed E-state index contributed by atoms with van der Waals surface area (Å²) < 4.78 is 13.3. The van der Waals surface area contributed by atoms with E-state index < -0.39 is 11.7 Å². The first kappa shape index (κ1) is 12.4. The molecule has 92 valence electrons. The first-order valence-electron chi connectivity index (χ1n) is 5.31. The van der Waals surface area contributed by atoms with Gasteiger partial charge in [0.15, 0.2) is 0 Å². The van der Waals surface area contributed by atoms with Gasteiger partial charge in [0, 0.05) is 4.88 Å². The Kier molecular flexibility index (Phi) is 3.84. The van der Waals surface area contributed by atoms with Gasteiger partial charge in [-0.2, -0.15) is 5.10 Å². The maximum atomic E-state index is 13.3. The number of hydrazone groups is 1. The number of hydrogen-bond donors (Lipinski definition) is 1. The van der Waals surface area contributed by atoms with E-state index in [-0.39, 0.29) is 5.56 Å². The summed E-state index contributed by atoms with van der Waals surface area (Å²) in [5, 5.41) is 5.87. The van der Waals surface area contributed by atoms with E-state index in [4.69, 9.17) is 0 Å². The van der Waals surface area contributed by atoms with Crippen LogP contribution in [0.15, 0.2) is 46.9 Å². The molecule has 0 aliphatic carbocycles. The van der Waals surface area contributed by atoms with Crippen LogP contribution >= 0.6 is 11.3 Å². The standard InChI is InChI=1S/C13H11FN2OS/c1-9(12-7-4-8-18-12)15-16-13(17)10-5-2-3-6-11(10)14/h2-8H,1H3,(H,16,17). The minimum atomic E-state index is -0.557. The molecule has 1 amide bonds. The number of carbonyl (C=O) groups excluding carboxylic acids is 1. The van der Waals surface area contributed by atoms with Crippen molar-refractivity contribution < 1.29 is 9.18 Å². The summed E-state index contributed by atoms with van der Waals surface area (Å²) in [4.78, 5) is 12.6. The smallest absolute Gasteiger partial charge is 0.267 e. The third kappa shape index (κ3) is 2.81. The van der Waals surface area contributed by atoms with Crippen molar-refractivity contribution in [1.29, 1.82) is 0 Å². The lowest BCUT2D eigenvalue weighted by atomic mass is 10.2. The third-order valence-electron chi connectivity index (χ3n) is 2.32. The average molecular weight is 262 g/mol. The zero-order valence-corrected chi connectivity index (χ0v) is 10.5. The van der Waals surface area contributed by atoms with E-state index >= 15 is 0 Å². The van der Waals surface area contributed by atoms with E-state index in [1.54, 1.807) is 13.0 Å². The largest absolute Gasteiger partial charge is 0.274 e. The predicted octanol–water partition coefficient (Wildman–Crippen LogP) is 3.04. The minimum Gasteiger partial charge on any atom is -0.267 e. The Labute approximate surface area is 108 Å². The van der Waals surface area contributed by atoms with Crippen LogP contribution in [0.2, 0.25) is 0 Å². The van der Waals surface area contributed by atoms with E-state index in [2.05, 4.69) is 10.5 Å². The van der Waals surface area contributed by atoms with E-state index in [1.165, 1.54) is 29.5 Å². The number of hydrogen-bond acceptors (Lipinski definition) is 3. The molecule has 0 atom stereocenters. The van der Waals surface area contributed by atoms with E-state index in [1.807, 2.05) is 17.5 Å². The molecule has 0 bridgehead atoms. The quantitative estimate of drug-likeness (QED) is 0.670. The number of thiophene rings is 1. The van der Waals surface area contributed by atoms with Crippen LogP contribution in [0.1, 0.15) is 22.2 Å². The van der Waals surface area contributed by atoms with Gasteiger partial charge in [-0.05, 0) is 30.5 Å². The molecule has 0 saturated heterocycles. The van der Waals surface area contributed by atoms with Crippen LogP contribution in [0.4, 0.5) is 4.39 Å². The highest BCUT2D eigenvalue weighted by Crippen LogP contribution is 2.10. The molecule has 1 heterocycles. The van der Waals surface area contributed by atoms with Crippen molar-refractivity contribution in [2.75, 3.05) is 0 Å². The highest BCUT2D eigenvalue weighted by molar-refractivity contribution is 7.12. The molecule has 0 radical (unpaired) electrons. The van der Waals surface area contributed by atoms with E-state index in [0.717, 1.165) is 4.88 Å². The van der Waals surface area contributed by atoms with Crippen molar-refractivity contribution in [3.63, 3.8) is 0 Å². The van der Waals surface area contributed by atoms with Gasteiger partial charge in [-0.15, -0.1) is 11.3 Å². The molecule has 0 fully saturated rings. The molecule has 5 heteroatoms. The molecule has 0 aliphatic rings.